The number of hydrogen-bond acceptors (Lipinski definition) is 3. The minimum absolute atomic E-state index is 0.0740. The van der Waals surface area contributed by atoms with Crippen LogP contribution in [-0.4, -0.2) is 22.7 Å². The van der Waals surface area contributed by atoms with Gasteiger partial charge in [-0.15, -0.1) is 0 Å². The number of pyridine rings is 1. The lowest BCUT2D eigenvalue weighted by Crippen LogP contribution is -2.01. The Balaban J connectivity index is 2.75. The Labute approximate surface area is 140 Å². The molecular weight excluding hydrogens is 321 g/mol. The summed E-state index contributed by atoms with van der Waals surface area (Å²) in [6.07, 6.45) is 3.53. The summed E-state index contributed by atoms with van der Waals surface area (Å²) in [5, 5.41) is 8.77. The lowest BCUT2D eigenvalue weighted by Gasteiger charge is -2.10. The predicted octanol–water partition coefficient (Wildman–Crippen LogP) is 4.80. The first-order valence-electron chi connectivity index (χ1n) is 7.41. The minimum atomic E-state index is -1.14. The molecule has 1 aromatic rings. The maximum absolute atomic E-state index is 13.9. The Morgan fingerprint density at radius 1 is 1.48 bits per heavy atom. The van der Waals surface area contributed by atoms with Crippen molar-refractivity contribution in [1.82, 2.24) is 4.98 Å². The number of carbonyl (C=O) groups is 1. The van der Waals surface area contributed by atoms with Crippen molar-refractivity contribution in [3.63, 3.8) is 0 Å². The zero-order chi connectivity index (χ0) is 17.4. The molecule has 1 rings (SSSR count). The molecule has 1 N–H and O–H groups in total. The van der Waals surface area contributed by atoms with Crippen LogP contribution in [0.5, 0.6) is 0 Å². The van der Waals surface area contributed by atoms with Gasteiger partial charge in [-0.2, -0.15) is 0 Å². The van der Waals surface area contributed by atoms with E-state index < -0.39 is 11.8 Å². The SMILES string of the molecule is CC/C(=C\C(F)=C/Cc1ccc(C(=O)O)c(Cl)n1)OCC(C)C. The minimum Gasteiger partial charge on any atom is -0.498 e. The van der Waals surface area contributed by atoms with Crippen LogP contribution in [0.3, 0.4) is 0 Å². The Bertz CT molecular complexity index is 612. The second-order valence-corrected chi connectivity index (χ2v) is 5.77. The molecule has 0 aliphatic rings. The van der Waals surface area contributed by atoms with E-state index in [2.05, 4.69) is 4.98 Å². The van der Waals surface area contributed by atoms with Gasteiger partial charge in [-0.3, -0.25) is 0 Å². The molecule has 23 heavy (non-hydrogen) atoms. The predicted molar refractivity (Wildman–Crippen MR) is 88.3 cm³/mol. The number of hydrogen-bond donors (Lipinski definition) is 1. The lowest BCUT2D eigenvalue weighted by molar-refractivity contribution is 0.0696. The van der Waals surface area contributed by atoms with Gasteiger partial charge < -0.3 is 9.84 Å². The second-order valence-electron chi connectivity index (χ2n) is 5.41. The molecule has 126 valence electrons. The molecule has 1 aromatic heterocycles. The van der Waals surface area contributed by atoms with Gasteiger partial charge in [0.05, 0.1) is 17.9 Å². The Morgan fingerprint density at radius 2 is 2.17 bits per heavy atom. The molecule has 0 radical (unpaired) electrons. The van der Waals surface area contributed by atoms with Gasteiger partial charge in [0.15, 0.2) is 0 Å². The van der Waals surface area contributed by atoms with Gasteiger partial charge in [0.2, 0.25) is 0 Å². The molecule has 0 saturated carbocycles. The van der Waals surface area contributed by atoms with Gasteiger partial charge in [-0.25, -0.2) is 14.2 Å². The van der Waals surface area contributed by atoms with Crippen LogP contribution in [0.4, 0.5) is 4.39 Å². The molecule has 1 heterocycles. The van der Waals surface area contributed by atoms with Crippen molar-refractivity contribution in [2.75, 3.05) is 6.61 Å². The van der Waals surface area contributed by atoms with E-state index in [1.54, 1.807) is 0 Å². The van der Waals surface area contributed by atoms with Crippen LogP contribution in [0.25, 0.3) is 0 Å². The third-order valence-corrected chi connectivity index (χ3v) is 3.18. The molecule has 0 atom stereocenters. The van der Waals surface area contributed by atoms with Gasteiger partial charge in [-0.1, -0.05) is 32.4 Å². The molecule has 0 aliphatic carbocycles. The highest BCUT2D eigenvalue weighted by Gasteiger charge is 2.10. The first-order valence-corrected chi connectivity index (χ1v) is 7.79. The standard InChI is InChI=1S/C17H21ClFNO3/c1-4-14(23-10-11(2)3)9-12(19)5-6-13-7-8-15(17(21)22)16(18)20-13/h5,7-9,11H,4,6,10H2,1-3H3,(H,21,22)/b12-5+,14-9+. The molecule has 4 nitrogen and oxygen atoms in total. The number of ether oxygens (including phenoxy) is 1. The Hall–Kier alpha value is -1.88. The molecule has 0 aliphatic heterocycles. The summed E-state index contributed by atoms with van der Waals surface area (Å²) >= 11 is 5.78. The molecular formula is C17H21ClFNO3. The number of carboxylic acid groups (broad SMARTS) is 1. The van der Waals surface area contributed by atoms with Crippen molar-refractivity contribution in [1.29, 1.82) is 0 Å². The van der Waals surface area contributed by atoms with Crippen molar-refractivity contribution in [3.05, 3.63) is 52.3 Å². The molecule has 0 saturated heterocycles. The number of aromatic nitrogens is 1. The lowest BCUT2D eigenvalue weighted by atomic mass is 10.2. The van der Waals surface area contributed by atoms with Gasteiger partial charge in [-0.05, 0) is 24.1 Å². The number of aromatic carboxylic acids is 1. The van der Waals surface area contributed by atoms with Gasteiger partial charge in [0, 0.05) is 24.6 Å². The summed E-state index contributed by atoms with van der Waals surface area (Å²) in [4.78, 5) is 14.8. The fourth-order valence-corrected chi connectivity index (χ4v) is 1.93. The van der Waals surface area contributed by atoms with Crippen molar-refractivity contribution in [3.8, 4) is 0 Å². The van der Waals surface area contributed by atoms with E-state index in [9.17, 15) is 9.18 Å². The monoisotopic (exact) mass is 341 g/mol. The number of nitrogens with zero attached hydrogens (tertiary/aromatic N) is 1. The van der Waals surface area contributed by atoms with Crippen LogP contribution >= 0.6 is 11.6 Å². The van der Waals surface area contributed by atoms with Crippen LogP contribution in [-0.2, 0) is 11.2 Å². The third-order valence-electron chi connectivity index (χ3n) is 2.89. The maximum atomic E-state index is 13.9. The highest BCUT2D eigenvalue weighted by molar-refractivity contribution is 6.32. The number of allylic oxidation sites excluding steroid dienone is 4. The van der Waals surface area contributed by atoms with Crippen LogP contribution in [0, 0.1) is 5.92 Å². The molecule has 0 amide bonds. The van der Waals surface area contributed by atoms with Crippen molar-refractivity contribution in [2.45, 2.75) is 33.6 Å². The highest BCUT2D eigenvalue weighted by atomic mass is 35.5. The van der Waals surface area contributed by atoms with Gasteiger partial charge in [0.25, 0.3) is 0 Å². The van der Waals surface area contributed by atoms with Crippen LogP contribution < -0.4 is 0 Å². The first-order chi connectivity index (χ1) is 10.8. The number of halogens is 2. The fourth-order valence-electron chi connectivity index (χ4n) is 1.68. The Kier molecular flexibility index (Phi) is 7.75. The quantitative estimate of drug-likeness (QED) is 0.419. The molecule has 0 fully saturated rings. The largest absolute Gasteiger partial charge is 0.498 e. The van der Waals surface area contributed by atoms with E-state index in [-0.39, 0.29) is 17.1 Å². The summed E-state index contributed by atoms with van der Waals surface area (Å²) in [5.74, 6) is -0.616. The molecule has 0 spiro atoms. The van der Waals surface area contributed by atoms with E-state index in [1.165, 1.54) is 24.3 Å². The summed E-state index contributed by atoms with van der Waals surface area (Å²) in [5.41, 5.74) is 0.416. The van der Waals surface area contributed by atoms with E-state index in [0.717, 1.165) is 0 Å². The van der Waals surface area contributed by atoms with Crippen molar-refractivity contribution >= 4 is 17.6 Å². The zero-order valence-electron chi connectivity index (χ0n) is 13.5. The zero-order valence-corrected chi connectivity index (χ0v) is 14.2. The summed E-state index contributed by atoms with van der Waals surface area (Å²) in [6, 6.07) is 2.87. The van der Waals surface area contributed by atoms with Gasteiger partial charge in [0.1, 0.15) is 11.0 Å². The number of carboxylic acids is 1. The number of rotatable bonds is 8. The molecule has 0 unspecified atom stereocenters. The van der Waals surface area contributed by atoms with E-state index >= 15 is 0 Å². The normalized spacial score (nSPS) is 12.6. The fraction of sp³-hybridized carbons (Fsp3) is 0.412. The average Bonchev–Trinajstić information content (AvgIpc) is 2.48. The third kappa shape index (κ3) is 6.82. The first kappa shape index (κ1) is 19.2. The molecule has 6 heteroatoms. The van der Waals surface area contributed by atoms with Crippen LogP contribution in [0.15, 0.2) is 35.9 Å². The molecule has 0 aromatic carbocycles. The highest BCUT2D eigenvalue weighted by Crippen LogP contribution is 2.16. The van der Waals surface area contributed by atoms with Crippen molar-refractivity contribution in [2.24, 2.45) is 5.92 Å². The molecule has 0 bridgehead atoms. The Morgan fingerprint density at radius 3 is 2.70 bits per heavy atom. The maximum Gasteiger partial charge on any atom is 0.338 e. The van der Waals surface area contributed by atoms with E-state index in [1.807, 2.05) is 20.8 Å². The summed E-state index contributed by atoms with van der Waals surface area (Å²) < 4.78 is 19.4. The van der Waals surface area contributed by atoms with Gasteiger partial charge >= 0.3 is 5.97 Å². The summed E-state index contributed by atoms with van der Waals surface area (Å²) in [6.45, 7) is 6.48. The van der Waals surface area contributed by atoms with Crippen LogP contribution in [0.1, 0.15) is 43.2 Å². The summed E-state index contributed by atoms with van der Waals surface area (Å²) in [7, 11) is 0. The average molecular weight is 342 g/mol. The van der Waals surface area contributed by atoms with E-state index in [4.69, 9.17) is 21.4 Å². The second kappa shape index (κ2) is 9.30. The van der Waals surface area contributed by atoms with Crippen LogP contribution in [0.2, 0.25) is 5.15 Å². The topological polar surface area (TPSA) is 59.4 Å². The smallest absolute Gasteiger partial charge is 0.338 e. The van der Waals surface area contributed by atoms with Crippen molar-refractivity contribution < 1.29 is 19.0 Å². The van der Waals surface area contributed by atoms with E-state index in [0.29, 0.717) is 30.4 Å².